The fourth-order valence-corrected chi connectivity index (χ4v) is 5.56. The largest absolute Gasteiger partial charge is 0.497 e. The number of hydrogen-bond donors (Lipinski definition) is 1. The Morgan fingerprint density at radius 2 is 1.87 bits per heavy atom. The Balaban J connectivity index is 1.50. The average molecular weight is 532 g/mol. The highest BCUT2D eigenvalue weighted by molar-refractivity contribution is 5.94. The van der Waals surface area contributed by atoms with Gasteiger partial charge in [0.05, 0.1) is 31.5 Å². The van der Waals surface area contributed by atoms with Gasteiger partial charge in [-0.1, -0.05) is 31.5 Å². The Bertz CT molecular complexity index is 1300. The predicted octanol–water partition coefficient (Wildman–Crippen LogP) is 4.49. The van der Waals surface area contributed by atoms with Crippen molar-refractivity contribution in [2.45, 2.75) is 31.7 Å². The van der Waals surface area contributed by atoms with E-state index in [0.29, 0.717) is 30.3 Å². The number of carbonyl (C=O) groups is 2. The van der Waals surface area contributed by atoms with Crippen molar-refractivity contribution < 1.29 is 28.9 Å². The molecule has 2 aliphatic heterocycles. The topological polar surface area (TPSA) is 101 Å². The molecule has 9 heteroatoms. The maximum absolute atomic E-state index is 13.8. The Morgan fingerprint density at radius 3 is 2.56 bits per heavy atom. The number of rotatable bonds is 10. The maximum Gasteiger partial charge on any atom is 0.309 e. The van der Waals surface area contributed by atoms with E-state index >= 15 is 0 Å². The molecule has 1 saturated heterocycles. The van der Waals surface area contributed by atoms with Crippen LogP contribution in [-0.2, 0) is 9.59 Å². The maximum atomic E-state index is 13.8. The number of ether oxygens (including phenoxy) is 3. The molecule has 9 nitrogen and oxygen atoms in total. The molecule has 3 aromatic rings. The number of anilines is 1. The van der Waals surface area contributed by atoms with E-state index in [1.807, 2.05) is 59.5 Å². The van der Waals surface area contributed by atoms with Gasteiger partial charge in [0.2, 0.25) is 12.7 Å². The van der Waals surface area contributed by atoms with E-state index in [4.69, 9.17) is 14.2 Å². The lowest BCUT2D eigenvalue weighted by Gasteiger charge is -2.30. The SMILES string of the molecule is CCCCN(C(=O)CN1C[C@@H](c2ccc3c(c2)OCO3)[C@H](C(=O)O)[C@H]1c1ccc(OC)cc1)c1cccnc1. The van der Waals surface area contributed by atoms with Gasteiger partial charge in [0.15, 0.2) is 11.5 Å². The zero-order valence-electron chi connectivity index (χ0n) is 22.2. The second-order valence-electron chi connectivity index (χ2n) is 9.84. The summed E-state index contributed by atoms with van der Waals surface area (Å²) in [5, 5.41) is 10.5. The normalized spacial score (nSPS) is 20.1. The molecule has 3 heterocycles. The van der Waals surface area contributed by atoms with Crippen molar-refractivity contribution in [2.24, 2.45) is 5.92 Å². The first kappa shape index (κ1) is 26.5. The number of fused-ring (bicyclic) bond motifs is 1. The molecule has 0 spiro atoms. The fraction of sp³-hybridized carbons (Fsp3) is 0.367. The highest BCUT2D eigenvalue weighted by Crippen LogP contribution is 2.47. The minimum atomic E-state index is -0.913. The molecule has 3 atom stereocenters. The number of nitrogens with zero attached hydrogens (tertiary/aromatic N) is 3. The van der Waals surface area contributed by atoms with E-state index in [9.17, 15) is 14.7 Å². The molecule has 1 amide bonds. The van der Waals surface area contributed by atoms with Crippen LogP contribution < -0.4 is 19.1 Å². The second-order valence-corrected chi connectivity index (χ2v) is 9.84. The number of unbranched alkanes of at least 4 members (excludes halogenated alkanes) is 1. The summed E-state index contributed by atoms with van der Waals surface area (Å²) in [7, 11) is 1.59. The number of carboxylic acid groups (broad SMARTS) is 1. The number of carboxylic acids is 1. The third-order valence-corrected chi connectivity index (χ3v) is 7.50. The number of aliphatic carboxylic acids is 1. The van der Waals surface area contributed by atoms with Crippen molar-refractivity contribution in [3.05, 3.63) is 78.1 Å². The van der Waals surface area contributed by atoms with Gasteiger partial charge in [-0.25, -0.2) is 0 Å². The fourth-order valence-electron chi connectivity index (χ4n) is 5.56. The predicted molar refractivity (Wildman–Crippen MR) is 145 cm³/mol. The van der Waals surface area contributed by atoms with E-state index in [2.05, 4.69) is 11.9 Å². The molecule has 2 aromatic carbocycles. The van der Waals surface area contributed by atoms with E-state index in [0.717, 1.165) is 29.7 Å². The van der Waals surface area contributed by atoms with Crippen LogP contribution in [0.25, 0.3) is 0 Å². The Morgan fingerprint density at radius 1 is 1.10 bits per heavy atom. The summed E-state index contributed by atoms with van der Waals surface area (Å²) >= 11 is 0. The zero-order chi connectivity index (χ0) is 27.4. The summed E-state index contributed by atoms with van der Waals surface area (Å²) < 4.78 is 16.4. The molecule has 0 unspecified atom stereocenters. The van der Waals surface area contributed by atoms with Gasteiger partial charge in [0, 0.05) is 31.2 Å². The molecule has 0 aliphatic carbocycles. The van der Waals surface area contributed by atoms with E-state index in [1.165, 1.54) is 0 Å². The number of aromatic nitrogens is 1. The first-order valence-corrected chi connectivity index (χ1v) is 13.2. The standard InChI is InChI=1S/C30H33N3O6/c1-3-4-14-33(22-6-5-13-31-16-22)27(34)18-32-17-24(21-9-12-25-26(15-21)39-19-38-25)28(30(35)36)29(32)20-7-10-23(37-2)11-8-20/h5-13,15-16,24,28-29H,3-4,14,17-19H2,1-2H3,(H,35,36)/t24-,28-,29+/m0/s1. The van der Waals surface area contributed by atoms with Crippen LogP contribution in [0.15, 0.2) is 67.0 Å². The lowest BCUT2D eigenvalue weighted by atomic mass is 9.82. The van der Waals surface area contributed by atoms with E-state index < -0.39 is 17.9 Å². The molecular formula is C30H33N3O6. The molecule has 5 rings (SSSR count). The van der Waals surface area contributed by atoms with E-state index in [-0.39, 0.29) is 25.2 Å². The molecule has 0 saturated carbocycles. The molecule has 0 bridgehead atoms. The lowest BCUT2D eigenvalue weighted by molar-refractivity contribution is -0.143. The molecule has 1 aromatic heterocycles. The number of benzene rings is 2. The zero-order valence-corrected chi connectivity index (χ0v) is 22.2. The molecule has 1 fully saturated rings. The van der Waals surface area contributed by atoms with Gasteiger partial charge in [-0.2, -0.15) is 0 Å². The van der Waals surface area contributed by atoms with Gasteiger partial charge in [0.25, 0.3) is 0 Å². The summed E-state index contributed by atoms with van der Waals surface area (Å²) in [5.41, 5.74) is 2.40. The van der Waals surface area contributed by atoms with Gasteiger partial charge >= 0.3 is 5.97 Å². The molecule has 1 N–H and O–H groups in total. The van der Waals surface area contributed by atoms with Gasteiger partial charge in [-0.3, -0.25) is 19.5 Å². The van der Waals surface area contributed by atoms with Crippen LogP contribution in [0.3, 0.4) is 0 Å². The molecule has 2 aliphatic rings. The van der Waals surface area contributed by atoms with Crippen molar-refractivity contribution in [1.82, 2.24) is 9.88 Å². The van der Waals surface area contributed by atoms with Crippen LogP contribution in [0, 0.1) is 5.92 Å². The summed E-state index contributed by atoms with van der Waals surface area (Å²) in [5.74, 6) is -0.219. The van der Waals surface area contributed by atoms with Crippen molar-refractivity contribution in [3.63, 3.8) is 0 Å². The minimum absolute atomic E-state index is 0.0696. The number of methoxy groups -OCH3 is 1. The number of hydrogen-bond acceptors (Lipinski definition) is 7. The summed E-state index contributed by atoms with van der Waals surface area (Å²) in [6, 6.07) is 16.2. The van der Waals surface area contributed by atoms with E-state index in [1.54, 1.807) is 24.4 Å². The van der Waals surface area contributed by atoms with Gasteiger partial charge in [-0.05, 0) is 53.9 Å². The smallest absolute Gasteiger partial charge is 0.309 e. The number of amides is 1. The molecule has 0 radical (unpaired) electrons. The molecule has 39 heavy (non-hydrogen) atoms. The highest BCUT2D eigenvalue weighted by atomic mass is 16.7. The van der Waals surface area contributed by atoms with Crippen LogP contribution in [0.2, 0.25) is 0 Å². The first-order chi connectivity index (χ1) is 19.0. The second kappa shape index (κ2) is 11.7. The van der Waals surface area contributed by atoms with Crippen LogP contribution in [-0.4, -0.2) is 60.4 Å². The summed E-state index contributed by atoms with van der Waals surface area (Å²) in [6.45, 7) is 3.26. The van der Waals surface area contributed by atoms with Crippen LogP contribution in [0.4, 0.5) is 5.69 Å². The Kier molecular flexibility index (Phi) is 7.97. The van der Waals surface area contributed by atoms with Crippen LogP contribution in [0.1, 0.15) is 42.9 Å². The van der Waals surface area contributed by atoms with Gasteiger partial charge in [-0.15, -0.1) is 0 Å². The third kappa shape index (κ3) is 5.54. The first-order valence-electron chi connectivity index (χ1n) is 13.2. The average Bonchev–Trinajstić information content (AvgIpc) is 3.58. The van der Waals surface area contributed by atoms with Crippen molar-refractivity contribution in [3.8, 4) is 17.2 Å². The van der Waals surface area contributed by atoms with Gasteiger partial charge < -0.3 is 24.2 Å². The minimum Gasteiger partial charge on any atom is -0.497 e. The van der Waals surface area contributed by atoms with Crippen molar-refractivity contribution >= 4 is 17.6 Å². The highest BCUT2D eigenvalue weighted by Gasteiger charge is 2.48. The Labute approximate surface area is 227 Å². The summed E-state index contributed by atoms with van der Waals surface area (Å²) in [6.07, 6.45) is 5.16. The van der Waals surface area contributed by atoms with Gasteiger partial charge in [0.1, 0.15) is 5.75 Å². The van der Waals surface area contributed by atoms with Crippen molar-refractivity contribution in [1.29, 1.82) is 0 Å². The van der Waals surface area contributed by atoms with Crippen LogP contribution in [0.5, 0.6) is 17.2 Å². The number of likely N-dealkylation sites (tertiary alicyclic amines) is 1. The monoisotopic (exact) mass is 531 g/mol. The lowest BCUT2D eigenvalue weighted by Crippen LogP contribution is -2.41. The van der Waals surface area contributed by atoms with Crippen molar-refractivity contribution in [2.75, 3.05) is 38.4 Å². The Hall–Kier alpha value is -4.11. The molecule has 204 valence electrons. The number of pyridine rings is 1. The third-order valence-electron chi connectivity index (χ3n) is 7.50. The molecular weight excluding hydrogens is 498 g/mol. The van der Waals surface area contributed by atoms with Crippen LogP contribution >= 0.6 is 0 Å². The quantitative estimate of drug-likeness (QED) is 0.408. The number of carbonyl (C=O) groups excluding carboxylic acids is 1. The summed E-state index contributed by atoms with van der Waals surface area (Å²) in [4.78, 5) is 34.6.